The minimum atomic E-state index is -0.422. The van der Waals surface area contributed by atoms with E-state index >= 15 is 0 Å². The molecule has 15 nitrogen and oxygen atoms in total. The molecule has 0 radical (unpaired) electrons. The van der Waals surface area contributed by atoms with Crippen molar-refractivity contribution in [2.45, 2.75) is 0 Å². The lowest BCUT2D eigenvalue weighted by molar-refractivity contribution is 0.0937. The Bertz CT molecular complexity index is 1490. The minimum Gasteiger partial charge on any atom is -0.383 e. The number of aromatic nitrogens is 3. The third-order valence-electron chi connectivity index (χ3n) is 7.52. The fourth-order valence-corrected chi connectivity index (χ4v) is 4.98. The molecular weight excluding hydrogens is 592 g/mol. The molecule has 244 valence electrons. The normalized spacial score (nSPS) is 14.9. The molecule has 0 saturated carbocycles. The first-order valence-electron chi connectivity index (χ1n) is 15.2. The zero-order chi connectivity index (χ0) is 32.5. The molecule has 5 rings (SSSR count). The zero-order valence-electron chi connectivity index (χ0n) is 26.4. The van der Waals surface area contributed by atoms with Crippen molar-refractivity contribution in [2.24, 2.45) is 0 Å². The highest BCUT2D eigenvalue weighted by Crippen LogP contribution is 2.24. The average Bonchev–Trinajstić information content (AvgIpc) is 3.09. The van der Waals surface area contributed by atoms with E-state index < -0.39 is 6.03 Å². The second kappa shape index (κ2) is 15.3. The van der Waals surface area contributed by atoms with Crippen molar-refractivity contribution in [1.29, 1.82) is 0 Å². The molecule has 0 unspecified atom stereocenters. The van der Waals surface area contributed by atoms with Crippen molar-refractivity contribution in [2.75, 3.05) is 107 Å². The van der Waals surface area contributed by atoms with Gasteiger partial charge in [0.1, 0.15) is 0 Å². The third kappa shape index (κ3) is 8.37. The highest BCUT2D eigenvalue weighted by Gasteiger charge is 2.26. The summed E-state index contributed by atoms with van der Waals surface area (Å²) in [5, 5.41) is 8.36. The standard InChI is InChI=1S/C31H40N10O5/c1-38(2)31(44)41-15-13-39(14-16-41)28-35-26(36-29(37-28)40-17-20-46-21-18-40)22-4-8-24(9-5-22)33-30(43)34-25-10-6-23(7-11-25)27(42)32-12-19-45-3/h4-11H,12-21H2,1-3H3,(H,32,42)(H2,33,34,43). The van der Waals surface area contributed by atoms with E-state index in [-0.39, 0.29) is 11.9 Å². The van der Waals surface area contributed by atoms with Crippen molar-refractivity contribution in [1.82, 2.24) is 30.1 Å². The lowest BCUT2D eigenvalue weighted by atomic mass is 10.2. The molecule has 3 aromatic rings. The number of carbonyl (C=O) groups excluding carboxylic acids is 3. The Morgan fingerprint density at radius 1 is 0.804 bits per heavy atom. The number of urea groups is 2. The number of nitrogens with one attached hydrogen (secondary N) is 3. The summed E-state index contributed by atoms with van der Waals surface area (Å²) in [7, 11) is 5.08. The molecule has 1 aromatic heterocycles. The van der Waals surface area contributed by atoms with E-state index in [2.05, 4.69) is 25.8 Å². The van der Waals surface area contributed by atoms with Crippen molar-refractivity contribution < 1.29 is 23.9 Å². The molecule has 2 fully saturated rings. The summed E-state index contributed by atoms with van der Waals surface area (Å²) in [6.07, 6.45) is 0. The highest BCUT2D eigenvalue weighted by molar-refractivity contribution is 6.00. The topological polar surface area (TPSA) is 157 Å². The number of carbonyl (C=O) groups is 3. The molecular formula is C31H40N10O5. The second-order valence-corrected chi connectivity index (χ2v) is 11.0. The van der Waals surface area contributed by atoms with Gasteiger partial charge in [-0.2, -0.15) is 15.0 Å². The van der Waals surface area contributed by atoms with Gasteiger partial charge in [-0.25, -0.2) is 9.59 Å². The van der Waals surface area contributed by atoms with E-state index in [0.29, 0.717) is 100 Å². The Hall–Kier alpha value is -5.02. The predicted octanol–water partition coefficient (Wildman–Crippen LogP) is 2.20. The molecule has 5 amide bonds. The van der Waals surface area contributed by atoms with Gasteiger partial charge in [0.05, 0.1) is 19.8 Å². The predicted molar refractivity (Wildman–Crippen MR) is 174 cm³/mol. The van der Waals surface area contributed by atoms with Crippen molar-refractivity contribution >= 4 is 41.2 Å². The van der Waals surface area contributed by atoms with Crippen LogP contribution >= 0.6 is 0 Å². The Kier molecular flexibility index (Phi) is 10.8. The fraction of sp³-hybridized carbons (Fsp3) is 0.419. The second-order valence-electron chi connectivity index (χ2n) is 11.0. The average molecular weight is 633 g/mol. The van der Waals surface area contributed by atoms with Gasteiger partial charge in [-0.1, -0.05) is 0 Å². The van der Waals surface area contributed by atoms with Crippen LogP contribution in [0, 0.1) is 0 Å². The lowest BCUT2D eigenvalue weighted by Crippen LogP contribution is -2.52. The van der Waals surface area contributed by atoms with Crippen LogP contribution in [0.2, 0.25) is 0 Å². The number of amides is 5. The monoisotopic (exact) mass is 632 g/mol. The number of benzene rings is 2. The van der Waals surface area contributed by atoms with Crippen LogP contribution in [0.4, 0.5) is 32.9 Å². The smallest absolute Gasteiger partial charge is 0.323 e. The molecule has 0 aliphatic carbocycles. The van der Waals surface area contributed by atoms with Gasteiger partial charge in [-0.15, -0.1) is 0 Å². The highest BCUT2D eigenvalue weighted by atomic mass is 16.5. The van der Waals surface area contributed by atoms with Crippen molar-refractivity contribution in [3.8, 4) is 11.4 Å². The SMILES string of the molecule is COCCNC(=O)c1ccc(NC(=O)Nc2ccc(-c3nc(N4CCOCC4)nc(N4CCN(C(=O)N(C)C)CC4)n3)cc2)cc1. The summed E-state index contributed by atoms with van der Waals surface area (Å²) in [4.78, 5) is 59.3. The van der Waals surface area contributed by atoms with Gasteiger partial charge >= 0.3 is 12.1 Å². The van der Waals surface area contributed by atoms with E-state index in [0.717, 1.165) is 5.56 Å². The Balaban J connectivity index is 1.25. The van der Waals surface area contributed by atoms with Gasteiger partial charge in [-0.3, -0.25) is 4.79 Å². The number of piperazine rings is 1. The van der Waals surface area contributed by atoms with E-state index in [9.17, 15) is 14.4 Å². The summed E-state index contributed by atoms with van der Waals surface area (Å²) in [6.45, 7) is 5.74. The van der Waals surface area contributed by atoms with Crippen LogP contribution in [0.5, 0.6) is 0 Å². The molecule has 3 N–H and O–H groups in total. The molecule has 0 spiro atoms. The first-order chi connectivity index (χ1) is 22.3. The van der Waals surface area contributed by atoms with Gasteiger partial charge in [0.2, 0.25) is 11.9 Å². The lowest BCUT2D eigenvalue weighted by Gasteiger charge is -2.36. The van der Waals surface area contributed by atoms with Crippen LogP contribution in [-0.4, -0.2) is 130 Å². The summed E-state index contributed by atoms with van der Waals surface area (Å²) < 4.78 is 10.5. The number of hydrogen-bond donors (Lipinski definition) is 3. The van der Waals surface area contributed by atoms with E-state index in [1.165, 1.54) is 0 Å². The van der Waals surface area contributed by atoms with Crippen LogP contribution < -0.4 is 25.8 Å². The van der Waals surface area contributed by atoms with Crippen LogP contribution in [0.15, 0.2) is 48.5 Å². The number of nitrogens with zero attached hydrogens (tertiary/aromatic N) is 7. The molecule has 2 aromatic carbocycles. The van der Waals surface area contributed by atoms with Crippen LogP contribution in [0.25, 0.3) is 11.4 Å². The number of rotatable bonds is 9. The third-order valence-corrected chi connectivity index (χ3v) is 7.52. The summed E-state index contributed by atoms with van der Waals surface area (Å²) in [5.74, 6) is 1.44. The summed E-state index contributed by atoms with van der Waals surface area (Å²) in [5.41, 5.74) is 2.38. The molecule has 2 saturated heterocycles. The fourth-order valence-electron chi connectivity index (χ4n) is 4.98. The maximum absolute atomic E-state index is 12.7. The van der Waals surface area contributed by atoms with Gasteiger partial charge in [0.25, 0.3) is 5.91 Å². The van der Waals surface area contributed by atoms with Crippen LogP contribution in [-0.2, 0) is 9.47 Å². The van der Waals surface area contributed by atoms with E-state index in [1.807, 2.05) is 17.0 Å². The van der Waals surface area contributed by atoms with Gasteiger partial charge in [-0.05, 0) is 48.5 Å². The zero-order valence-corrected chi connectivity index (χ0v) is 26.4. The Morgan fingerprint density at radius 3 is 1.93 bits per heavy atom. The largest absolute Gasteiger partial charge is 0.383 e. The molecule has 46 heavy (non-hydrogen) atoms. The van der Waals surface area contributed by atoms with Gasteiger partial charge in [0, 0.05) is 89.5 Å². The molecule has 2 aliphatic rings. The number of ether oxygens (including phenoxy) is 2. The van der Waals surface area contributed by atoms with E-state index in [1.54, 1.807) is 62.5 Å². The summed E-state index contributed by atoms with van der Waals surface area (Å²) >= 11 is 0. The van der Waals surface area contributed by atoms with Crippen molar-refractivity contribution in [3.63, 3.8) is 0 Å². The molecule has 0 bridgehead atoms. The van der Waals surface area contributed by atoms with E-state index in [4.69, 9.17) is 24.4 Å². The number of methoxy groups -OCH3 is 1. The molecule has 3 heterocycles. The first kappa shape index (κ1) is 32.4. The maximum Gasteiger partial charge on any atom is 0.323 e. The first-order valence-corrected chi connectivity index (χ1v) is 15.2. The van der Waals surface area contributed by atoms with Crippen LogP contribution in [0.1, 0.15) is 10.4 Å². The van der Waals surface area contributed by atoms with Gasteiger partial charge < -0.3 is 45.0 Å². The maximum atomic E-state index is 12.7. The van der Waals surface area contributed by atoms with Crippen LogP contribution in [0.3, 0.4) is 0 Å². The Morgan fingerprint density at radius 2 is 1.37 bits per heavy atom. The number of hydrogen-bond acceptors (Lipinski definition) is 10. The minimum absolute atomic E-state index is 0.0104. The molecule has 15 heteroatoms. The summed E-state index contributed by atoms with van der Waals surface area (Å²) in [6, 6.07) is 13.4. The molecule has 2 aliphatic heterocycles. The number of anilines is 4. The number of morpholine rings is 1. The van der Waals surface area contributed by atoms with Gasteiger partial charge in [0.15, 0.2) is 5.82 Å². The quantitative estimate of drug-likeness (QED) is 0.299. The molecule has 0 atom stereocenters. The Labute approximate surface area is 267 Å². The van der Waals surface area contributed by atoms with Crippen molar-refractivity contribution in [3.05, 3.63) is 54.1 Å².